The Bertz CT molecular complexity index is 1340. The van der Waals surface area contributed by atoms with Gasteiger partial charge in [-0.05, 0) is 37.4 Å². The van der Waals surface area contributed by atoms with E-state index in [0.29, 0.717) is 28.7 Å². The Morgan fingerprint density at radius 3 is 2.66 bits per heavy atom. The van der Waals surface area contributed by atoms with E-state index in [-0.39, 0.29) is 11.5 Å². The second-order valence-corrected chi connectivity index (χ2v) is 8.26. The maximum Gasteiger partial charge on any atom is 0.270 e. The van der Waals surface area contributed by atoms with E-state index in [0.717, 1.165) is 4.88 Å². The summed E-state index contributed by atoms with van der Waals surface area (Å²) in [5, 5.41) is 9.36. The quantitative estimate of drug-likeness (QED) is 0.495. The van der Waals surface area contributed by atoms with Gasteiger partial charge in [-0.15, -0.1) is 11.3 Å². The first kappa shape index (κ1) is 20.0. The molecule has 1 amide bonds. The highest BCUT2D eigenvalue weighted by Gasteiger charge is 2.34. The fourth-order valence-corrected chi connectivity index (χ4v) is 4.12. The molecule has 0 saturated heterocycles. The molecule has 32 heavy (non-hydrogen) atoms. The highest BCUT2D eigenvalue weighted by atomic mass is 32.1. The molecule has 0 fully saturated rings. The van der Waals surface area contributed by atoms with Crippen LogP contribution in [0.5, 0.6) is 11.5 Å². The zero-order chi connectivity index (χ0) is 22.2. The number of benzene rings is 1. The summed E-state index contributed by atoms with van der Waals surface area (Å²) in [6.45, 7) is 3.49. The fourth-order valence-electron chi connectivity index (χ4n) is 3.44. The second-order valence-electron chi connectivity index (χ2n) is 7.31. The maximum atomic E-state index is 13.2. The number of H-pyrrole nitrogens is 1. The molecule has 2 N–H and O–H groups in total. The summed E-state index contributed by atoms with van der Waals surface area (Å²) in [7, 11) is 0. The van der Waals surface area contributed by atoms with E-state index >= 15 is 0 Å². The fraction of sp³-hybridized carbons (Fsp3) is 0.182. The Balaban J connectivity index is 1.50. The minimum atomic E-state index is -0.872. The van der Waals surface area contributed by atoms with Crippen LogP contribution in [-0.4, -0.2) is 37.9 Å². The van der Waals surface area contributed by atoms with Crippen LogP contribution in [0.4, 0.5) is 5.82 Å². The van der Waals surface area contributed by atoms with Gasteiger partial charge in [0.1, 0.15) is 17.6 Å². The average Bonchev–Trinajstić information content (AvgIpc) is 3.42. The van der Waals surface area contributed by atoms with Crippen molar-refractivity contribution in [1.29, 1.82) is 0 Å². The zero-order valence-corrected chi connectivity index (χ0v) is 18.1. The number of carbonyl (C=O) groups is 1. The van der Waals surface area contributed by atoms with E-state index in [9.17, 15) is 9.59 Å². The lowest BCUT2D eigenvalue weighted by Crippen LogP contribution is -2.46. The molecule has 4 aromatic rings. The molecule has 162 valence electrons. The molecule has 2 atom stereocenters. The van der Waals surface area contributed by atoms with Crippen molar-refractivity contribution in [1.82, 2.24) is 19.7 Å². The molecule has 3 aromatic heterocycles. The van der Waals surface area contributed by atoms with Gasteiger partial charge < -0.3 is 14.8 Å². The minimum Gasteiger partial charge on any atom is -0.482 e. The Hall–Kier alpha value is -3.92. The van der Waals surface area contributed by atoms with Crippen LogP contribution in [0.15, 0.2) is 58.7 Å². The third kappa shape index (κ3) is 3.76. The molecule has 5 rings (SSSR count). The van der Waals surface area contributed by atoms with Gasteiger partial charge in [-0.3, -0.25) is 14.6 Å². The lowest BCUT2D eigenvalue weighted by molar-refractivity contribution is -0.128. The van der Waals surface area contributed by atoms with Crippen molar-refractivity contribution in [2.45, 2.75) is 26.1 Å². The first-order chi connectivity index (χ1) is 15.5. The normalized spacial score (nSPS) is 17.2. The molecule has 0 radical (unpaired) electrons. The highest BCUT2D eigenvalue weighted by molar-refractivity contribution is 7.13. The standard InChI is InChI=1S/C22H19N5O4S/c1-12-10-19(28)25-22(23-12)27-18(11-14(26-27)17-8-5-9-32-17)24-21(29)20-13(2)30-15-6-3-4-7-16(15)31-20/h3-11,13,20H,1-2H3,(H,24,29)(H,23,25,28). The van der Waals surface area contributed by atoms with Gasteiger partial charge in [0.2, 0.25) is 12.1 Å². The number of aromatic amines is 1. The number of rotatable bonds is 4. The van der Waals surface area contributed by atoms with Crippen molar-refractivity contribution in [3.05, 3.63) is 70.0 Å². The van der Waals surface area contributed by atoms with Gasteiger partial charge in [0, 0.05) is 17.8 Å². The number of anilines is 1. The summed E-state index contributed by atoms with van der Waals surface area (Å²) in [6.07, 6.45) is -1.38. The molecule has 1 aliphatic rings. The molecule has 0 spiro atoms. The number of aryl methyl sites for hydroxylation is 1. The van der Waals surface area contributed by atoms with Crippen LogP contribution in [0, 0.1) is 6.92 Å². The van der Waals surface area contributed by atoms with Crippen LogP contribution >= 0.6 is 11.3 Å². The number of fused-ring (bicyclic) bond motifs is 1. The number of aromatic nitrogens is 4. The van der Waals surface area contributed by atoms with Gasteiger partial charge >= 0.3 is 0 Å². The number of amides is 1. The van der Waals surface area contributed by atoms with Crippen LogP contribution < -0.4 is 20.3 Å². The number of para-hydroxylation sites is 2. The summed E-state index contributed by atoms with van der Waals surface area (Å²) >= 11 is 1.51. The van der Waals surface area contributed by atoms with Gasteiger partial charge in [-0.2, -0.15) is 9.78 Å². The van der Waals surface area contributed by atoms with Gasteiger partial charge in [0.25, 0.3) is 11.5 Å². The smallest absolute Gasteiger partial charge is 0.270 e. The van der Waals surface area contributed by atoms with E-state index in [1.165, 1.54) is 22.1 Å². The largest absolute Gasteiger partial charge is 0.482 e. The summed E-state index contributed by atoms with van der Waals surface area (Å²) in [5.74, 6) is 1.24. The monoisotopic (exact) mass is 449 g/mol. The van der Waals surface area contributed by atoms with Crippen LogP contribution in [0.2, 0.25) is 0 Å². The van der Waals surface area contributed by atoms with Crippen LogP contribution in [0.25, 0.3) is 16.5 Å². The Morgan fingerprint density at radius 1 is 1.16 bits per heavy atom. The molecule has 10 heteroatoms. The number of hydrogen-bond acceptors (Lipinski definition) is 7. The van der Waals surface area contributed by atoms with Crippen molar-refractivity contribution in [2.24, 2.45) is 0 Å². The Kier molecular flexibility index (Phi) is 4.98. The summed E-state index contributed by atoms with van der Waals surface area (Å²) < 4.78 is 13.2. The Morgan fingerprint density at radius 2 is 1.94 bits per heavy atom. The predicted octanol–water partition coefficient (Wildman–Crippen LogP) is 3.16. The van der Waals surface area contributed by atoms with Crippen LogP contribution in [0.1, 0.15) is 12.6 Å². The van der Waals surface area contributed by atoms with Crippen molar-refractivity contribution in [3.8, 4) is 28.0 Å². The highest BCUT2D eigenvalue weighted by Crippen LogP contribution is 2.34. The summed E-state index contributed by atoms with van der Waals surface area (Å²) in [6, 6.07) is 14.2. The second kappa shape index (κ2) is 7.97. The molecular weight excluding hydrogens is 430 g/mol. The minimum absolute atomic E-state index is 0.201. The summed E-state index contributed by atoms with van der Waals surface area (Å²) in [5.41, 5.74) is 0.856. The number of nitrogens with zero attached hydrogens (tertiary/aromatic N) is 3. The van der Waals surface area contributed by atoms with E-state index < -0.39 is 18.1 Å². The molecular formula is C22H19N5O4S. The number of hydrogen-bond donors (Lipinski definition) is 2. The topological polar surface area (TPSA) is 111 Å². The SMILES string of the molecule is Cc1cc(=O)[nH]c(-n2nc(-c3cccs3)cc2NC(=O)C2Oc3ccccc3OC2C)n1. The number of carbonyl (C=O) groups excluding carboxylic acids is 1. The third-order valence-corrected chi connectivity index (χ3v) is 5.79. The molecule has 4 heterocycles. The molecule has 1 aliphatic heterocycles. The zero-order valence-electron chi connectivity index (χ0n) is 17.2. The first-order valence-corrected chi connectivity index (χ1v) is 10.8. The van der Waals surface area contributed by atoms with E-state index in [1.54, 1.807) is 32.0 Å². The molecule has 9 nitrogen and oxygen atoms in total. The predicted molar refractivity (Wildman–Crippen MR) is 120 cm³/mol. The van der Waals surface area contributed by atoms with E-state index in [2.05, 4.69) is 20.4 Å². The van der Waals surface area contributed by atoms with Crippen molar-refractivity contribution in [3.63, 3.8) is 0 Å². The Labute approximate surface area is 186 Å². The van der Waals surface area contributed by atoms with Gasteiger partial charge in [0.05, 0.1) is 4.88 Å². The number of thiophene rings is 1. The van der Waals surface area contributed by atoms with Crippen molar-refractivity contribution < 1.29 is 14.3 Å². The number of ether oxygens (including phenoxy) is 2. The average molecular weight is 449 g/mol. The molecule has 0 saturated carbocycles. The van der Waals surface area contributed by atoms with E-state index in [1.807, 2.05) is 29.6 Å². The molecule has 0 aliphatic carbocycles. The van der Waals surface area contributed by atoms with Gasteiger partial charge in [-0.1, -0.05) is 18.2 Å². The maximum absolute atomic E-state index is 13.2. The van der Waals surface area contributed by atoms with Crippen molar-refractivity contribution >= 4 is 23.1 Å². The lowest BCUT2D eigenvalue weighted by atomic mass is 10.1. The summed E-state index contributed by atoms with van der Waals surface area (Å²) in [4.78, 5) is 33.1. The van der Waals surface area contributed by atoms with Crippen LogP contribution in [-0.2, 0) is 4.79 Å². The molecule has 2 unspecified atom stereocenters. The number of nitrogens with one attached hydrogen (secondary N) is 2. The van der Waals surface area contributed by atoms with Gasteiger partial charge in [0.15, 0.2) is 11.5 Å². The van der Waals surface area contributed by atoms with E-state index in [4.69, 9.17) is 9.47 Å². The van der Waals surface area contributed by atoms with Crippen LogP contribution in [0.3, 0.4) is 0 Å². The first-order valence-electron chi connectivity index (χ1n) is 9.93. The van der Waals surface area contributed by atoms with Gasteiger partial charge in [-0.25, -0.2) is 4.98 Å². The van der Waals surface area contributed by atoms with Crippen molar-refractivity contribution in [2.75, 3.05) is 5.32 Å². The molecule has 0 bridgehead atoms. The lowest BCUT2D eigenvalue weighted by Gasteiger charge is -2.30. The molecule has 1 aromatic carbocycles. The third-order valence-electron chi connectivity index (χ3n) is 4.89.